The molecule has 5 nitrogen and oxygen atoms in total. The SMILES string of the molecule is COc1cc(C(=O)[C@H](O)c2c(F)c(F)c(F)c(F)c2F)cc(OC)c1OC. The van der Waals surface area contributed by atoms with E-state index in [1.165, 1.54) is 21.3 Å². The van der Waals surface area contributed by atoms with E-state index < -0.39 is 46.5 Å². The molecule has 0 aliphatic carbocycles. The number of methoxy groups -OCH3 is 3. The summed E-state index contributed by atoms with van der Waals surface area (Å²) >= 11 is 0. The van der Waals surface area contributed by atoms with Crippen LogP contribution in [0.5, 0.6) is 17.2 Å². The highest BCUT2D eigenvalue weighted by Gasteiger charge is 2.34. The maximum absolute atomic E-state index is 13.8. The summed E-state index contributed by atoms with van der Waals surface area (Å²) in [5, 5.41) is 10.00. The molecule has 0 saturated heterocycles. The van der Waals surface area contributed by atoms with Crippen molar-refractivity contribution < 1.29 is 46.1 Å². The van der Waals surface area contributed by atoms with E-state index in [4.69, 9.17) is 14.2 Å². The number of ether oxygens (including phenoxy) is 3. The number of Topliss-reactive ketones (excluding diaryl/α,β-unsaturated/α-hetero) is 1. The van der Waals surface area contributed by atoms with E-state index >= 15 is 0 Å². The molecule has 0 aliphatic heterocycles. The molecule has 0 fully saturated rings. The van der Waals surface area contributed by atoms with Crippen molar-refractivity contribution in [1.29, 1.82) is 0 Å². The first-order valence-electron chi connectivity index (χ1n) is 7.23. The second-order valence-electron chi connectivity index (χ2n) is 5.16. The lowest BCUT2D eigenvalue weighted by atomic mass is 9.97. The van der Waals surface area contributed by atoms with Crippen molar-refractivity contribution in [3.8, 4) is 17.2 Å². The Balaban J connectivity index is 2.60. The van der Waals surface area contributed by atoms with Crippen LogP contribution >= 0.6 is 0 Å². The number of halogens is 5. The van der Waals surface area contributed by atoms with E-state index in [1.54, 1.807) is 0 Å². The normalized spacial score (nSPS) is 11.9. The van der Waals surface area contributed by atoms with Crippen molar-refractivity contribution in [3.05, 3.63) is 52.3 Å². The van der Waals surface area contributed by atoms with Gasteiger partial charge in [0.1, 0.15) is 6.10 Å². The molecule has 10 heteroatoms. The lowest BCUT2D eigenvalue weighted by Crippen LogP contribution is -2.19. The Kier molecular flexibility index (Phi) is 5.89. The van der Waals surface area contributed by atoms with Crippen LogP contribution in [0.3, 0.4) is 0 Å². The van der Waals surface area contributed by atoms with Crippen LogP contribution in [0.15, 0.2) is 12.1 Å². The fourth-order valence-electron chi connectivity index (χ4n) is 2.37. The molecular formula is C17H13F5O5. The third-order valence-corrected chi connectivity index (χ3v) is 3.71. The van der Waals surface area contributed by atoms with Crippen LogP contribution in [0.25, 0.3) is 0 Å². The molecule has 2 aromatic rings. The summed E-state index contributed by atoms with van der Waals surface area (Å²) < 4.78 is 82.5. The van der Waals surface area contributed by atoms with E-state index in [2.05, 4.69) is 0 Å². The number of hydrogen-bond donors (Lipinski definition) is 1. The summed E-state index contributed by atoms with van der Waals surface area (Å²) in [6, 6.07) is 2.11. The first kappa shape index (κ1) is 20.4. The number of carbonyl (C=O) groups is 1. The van der Waals surface area contributed by atoms with Crippen LogP contribution in [0.4, 0.5) is 22.0 Å². The molecule has 1 N–H and O–H groups in total. The Morgan fingerprint density at radius 2 is 1.22 bits per heavy atom. The third-order valence-electron chi connectivity index (χ3n) is 3.71. The monoisotopic (exact) mass is 392 g/mol. The largest absolute Gasteiger partial charge is 0.493 e. The van der Waals surface area contributed by atoms with Crippen molar-refractivity contribution in [2.24, 2.45) is 0 Å². The quantitative estimate of drug-likeness (QED) is 0.354. The number of carbonyl (C=O) groups excluding carboxylic acids is 1. The molecule has 1 atom stereocenters. The summed E-state index contributed by atoms with van der Waals surface area (Å²) in [5.41, 5.74) is -2.04. The lowest BCUT2D eigenvalue weighted by molar-refractivity contribution is 0.0727. The zero-order valence-electron chi connectivity index (χ0n) is 14.2. The number of hydrogen-bond acceptors (Lipinski definition) is 5. The number of ketones is 1. The second kappa shape index (κ2) is 7.78. The van der Waals surface area contributed by atoms with Gasteiger partial charge in [-0.15, -0.1) is 0 Å². The van der Waals surface area contributed by atoms with E-state index in [9.17, 15) is 31.9 Å². The maximum atomic E-state index is 13.8. The fourth-order valence-corrected chi connectivity index (χ4v) is 2.37. The topological polar surface area (TPSA) is 65.0 Å². The van der Waals surface area contributed by atoms with Crippen LogP contribution in [-0.4, -0.2) is 32.2 Å². The fraction of sp³-hybridized carbons (Fsp3) is 0.235. The van der Waals surface area contributed by atoms with Crippen LogP contribution in [0.1, 0.15) is 22.0 Å². The molecule has 0 heterocycles. The molecule has 0 spiro atoms. The molecule has 0 radical (unpaired) electrons. The van der Waals surface area contributed by atoms with E-state index in [-0.39, 0.29) is 22.8 Å². The van der Waals surface area contributed by atoms with Gasteiger partial charge in [-0.05, 0) is 12.1 Å². The van der Waals surface area contributed by atoms with Gasteiger partial charge in [0.25, 0.3) is 0 Å². The molecule has 27 heavy (non-hydrogen) atoms. The van der Waals surface area contributed by atoms with Gasteiger partial charge in [0.2, 0.25) is 11.6 Å². The van der Waals surface area contributed by atoms with Gasteiger partial charge >= 0.3 is 0 Å². The minimum atomic E-state index is -2.67. The highest BCUT2D eigenvalue weighted by atomic mass is 19.2. The summed E-state index contributed by atoms with van der Waals surface area (Å²) in [7, 11) is 3.74. The van der Waals surface area contributed by atoms with Crippen LogP contribution < -0.4 is 14.2 Å². The molecule has 0 saturated carbocycles. The number of aliphatic hydroxyl groups excluding tert-OH is 1. The Morgan fingerprint density at radius 3 is 1.59 bits per heavy atom. The van der Waals surface area contributed by atoms with Gasteiger partial charge < -0.3 is 19.3 Å². The van der Waals surface area contributed by atoms with Crippen molar-refractivity contribution in [1.82, 2.24) is 0 Å². The van der Waals surface area contributed by atoms with Gasteiger partial charge in [-0.25, -0.2) is 22.0 Å². The zero-order valence-corrected chi connectivity index (χ0v) is 14.2. The first-order valence-corrected chi connectivity index (χ1v) is 7.23. The highest BCUT2D eigenvalue weighted by molar-refractivity contribution is 6.01. The summed E-state index contributed by atoms with van der Waals surface area (Å²) in [6.45, 7) is 0. The van der Waals surface area contributed by atoms with E-state index in [0.717, 1.165) is 12.1 Å². The zero-order chi connectivity index (χ0) is 20.5. The van der Waals surface area contributed by atoms with Crippen molar-refractivity contribution >= 4 is 5.78 Å². The average molecular weight is 392 g/mol. The Bertz CT molecular complexity index is 846. The Morgan fingerprint density at radius 1 is 0.815 bits per heavy atom. The minimum Gasteiger partial charge on any atom is -0.493 e. The lowest BCUT2D eigenvalue weighted by Gasteiger charge is -2.16. The predicted molar refractivity (Wildman–Crippen MR) is 81.6 cm³/mol. The van der Waals surface area contributed by atoms with E-state index in [0.29, 0.717) is 0 Å². The van der Waals surface area contributed by atoms with Crippen molar-refractivity contribution in [3.63, 3.8) is 0 Å². The standard InChI is InChI=1S/C17H13F5O5/c1-25-7-4-6(5-8(26-2)17(7)27-3)15(23)16(24)9-10(18)12(20)14(22)13(21)11(9)19/h4-5,16,24H,1-3H3/t16-/m1/s1. The molecule has 2 rings (SSSR count). The van der Waals surface area contributed by atoms with Gasteiger partial charge in [-0.3, -0.25) is 4.79 Å². The minimum absolute atomic E-state index is 0.0233. The number of aliphatic hydroxyl groups is 1. The number of benzene rings is 2. The van der Waals surface area contributed by atoms with Crippen LogP contribution in [0, 0.1) is 29.1 Å². The van der Waals surface area contributed by atoms with Crippen LogP contribution in [0.2, 0.25) is 0 Å². The summed E-state index contributed by atoms with van der Waals surface area (Å²) in [4.78, 5) is 12.4. The van der Waals surface area contributed by atoms with E-state index in [1.807, 2.05) is 0 Å². The number of rotatable bonds is 6. The van der Waals surface area contributed by atoms with Crippen molar-refractivity contribution in [2.45, 2.75) is 6.10 Å². The predicted octanol–water partition coefficient (Wildman–Crippen LogP) is 3.32. The van der Waals surface area contributed by atoms with Crippen LogP contribution in [-0.2, 0) is 0 Å². The first-order chi connectivity index (χ1) is 12.7. The van der Waals surface area contributed by atoms with Gasteiger partial charge in [-0.2, -0.15) is 0 Å². The second-order valence-corrected chi connectivity index (χ2v) is 5.16. The molecule has 0 bridgehead atoms. The molecule has 146 valence electrons. The molecular weight excluding hydrogens is 379 g/mol. The van der Waals surface area contributed by atoms with Gasteiger partial charge in [0, 0.05) is 5.56 Å². The van der Waals surface area contributed by atoms with Gasteiger partial charge in [-0.1, -0.05) is 0 Å². The van der Waals surface area contributed by atoms with Crippen molar-refractivity contribution in [2.75, 3.05) is 21.3 Å². The van der Waals surface area contributed by atoms with Gasteiger partial charge in [0.15, 0.2) is 40.6 Å². The Labute approximate surface area is 149 Å². The molecule has 2 aromatic carbocycles. The molecule has 0 unspecified atom stereocenters. The molecule has 0 amide bonds. The molecule has 0 aliphatic rings. The third kappa shape index (κ3) is 3.39. The highest BCUT2D eigenvalue weighted by Crippen LogP contribution is 2.39. The Hall–Kier alpha value is -2.88. The van der Waals surface area contributed by atoms with Gasteiger partial charge in [0.05, 0.1) is 26.9 Å². The average Bonchev–Trinajstić information content (AvgIpc) is 2.68. The smallest absolute Gasteiger partial charge is 0.203 e. The maximum Gasteiger partial charge on any atom is 0.203 e. The molecule has 0 aromatic heterocycles. The summed E-state index contributed by atoms with van der Waals surface area (Å²) in [5.74, 6) is -12.9. The summed E-state index contributed by atoms with van der Waals surface area (Å²) in [6.07, 6.45) is -2.67.